The lowest BCUT2D eigenvalue weighted by Crippen LogP contribution is -2.35. The van der Waals surface area contributed by atoms with Crippen molar-refractivity contribution in [1.29, 1.82) is 0 Å². The topological polar surface area (TPSA) is 128 Å². The fourth-order valence-corrected chi connectivity index (χ4v) is 4.87. The lowest BCUT2D eigenvalue weighted by atomic mass is 10.0. The summed E-state index contributed by atoms with van der Waals surface area (Å²) in [6.45, 7) is 2.47. The second-order valence-electron chi connectivity index (χ2n) is 5.92. The van der Waals surface area contributed by atoms with Crippen molar-refractivity contribution in [2.75, 3.05) is 25.6 Å². The van der Waals surface area contributed by atoms with E-state index in [2.05, 4.69) is 5.32 Å². The van der Waals surface area contributed by atoms with Gasteiger partial charge in [0.2, 0.25) is 0 Å². The molecule has 3 rings (SSSR count). The van der Waals surface area contributed by atoms with E-state index >= 15 is 0 Å². The van der Waals surface area contributed by atoms with E-state index in [0.29, 0.717) is 18.0 Å². The van der Waals surface area contributed by atoms with Crippen molar-refractivity contribution in [2.24, 2.45) is 0 Å². The Morgan fingerprint density at radius 1 is 1.31 bits per heavy atom. The first-order valence-corrected chi connectivity index (χ1v) is 10.2. The van der Waals surface area contributed by atoms with Crippen molar-refractivity contribution in [3.8, 4) is 0 Å². The smallest absolute Gasteiger partial charge is 0.409 e. The van der Waals surface area contributed by atoms with Crippen LogP contribution in [0.3, 0.4) is 0 Å². The largest absolute Gasteiger partial charge is 0.462 e. The lowest BCUT2D eigenvalue weighted by molar-refractivity contribution is -0.380. The maximum Gasteiger partial charge on any atom is 0.409 e. The molecule has 1 N–H and O–H groups in total. The van der Waals surface area contributed by atoms with Gasteiger partial charge in [0.25, 0.3) is 5.91 Å². The monoisotopic (exact) mass is 439 g/mol. The molecule has 0 saturated carbocycles. The minimum Gasteiger partial charge on any atom is -0.462 e. The van der Waals surface area contributed by atoms with Crippen molar-refractivity contribution < 1.29 is 28.8 Å². The van der Waals surface area contributed by atoms with Gasteiger partial charge in [-0.1, -0.05) is 11.3 Å². The summed E-state index contributed by atoms with van der Waals surface area (Å²) in [5, 5.41) is 13.6. The quantitative estimate of drug-likeness (QED) is 0.430. The van der Waals surface area contributed by atoms with Crippen LogP contribution in [0.2, 0.25) is 0 Å². The molecule has 0 atom stereocenters. The molecule has 0 fully saturated rings. The third kappa shape index (κ3) is 4.22. The van der Waals surface area contributed by atoms with Gasteiger partial charge >= 0.3 is 17.1 Å². The summed E-state index contributed by atoms with van der Waals surface area (Å²) >= 11 is 1.92. The first-order valence-electron chi connectivity index (χ1n) is 8.55. The van der Waals surface area contributed by atoms with Crippen LogP contribution in [0.4, 0.5) is 14.8 Å². The number of fused-ring (bicyclic) bond motifs is 1. The van der Waals surface area contributed by atoms with Gasteiger partial charge in [0.05, 0.1) is 35.6 Å². The summed E-state index contributed by atoms with van der Waals surface area (Å²) < 4.78 is 9.88. The predicted molar refractivity (Wildman–Crippen MR) is 106 cm³/mol. The molecular formula is C17H17N3O7S2. The van der Waals surface area contributed by atoms with E-state index in [1.165, 1.54) is 35.5 Å². The fraction of sp³-hybridized carbons (Fsp3) is 0.353. The van der Waals surface area contributed by atoms with Crippen LogP contribution in [0.5, 0.6) is 0 Å². The van der Waals surface area contributed by atoms with Gasteiger partial charge in [0, 0.05) is 17.5 Å². The summed E-state index contributed by atoms with van der Waals surface area (Å²) in [6.07, 6.45) is -0.0617. The molecule has 0 aliphatic carbocycles. The minimum atomic E-state index is -0.573. The van der Waals surface area contributed by atoms with Crippen LogP contribution in [-0.4, -0.2) is 48.1 Å². The molecule has 0 aromatic carbocycles. The van der Waals surface area contributed by atoms with E-state index in [4.69, 9.17) is 9.47 Å². The highest BCUT2D eigenvalue weighted by molar-refractivity contribution is 7.18. The predicted octanol–water partition coefficient (Wildman–Crippen LogP) is 3.27. The number of nitrogens with zero attached hydrogens (tertiary/aromatic N) is 2. The molecule has 1 aliphatic rings. The van der Waals surface area contributed by atoms with Crippen LogP contribution in [-0.2, 0) is 22.4 Å². The number of hydrogen-bond acceptors (Lipinski definition) is 9. The molecule has 2 aromatic heterocycles. The molecule has 0 spiro atoms. The second kappa shape index (κ2) is 8.57. The Labute approximate surface area is 173 Å². The Balaban J connectivity index is 1.91. The summed E-state index contributed by atoms with van der Waals surface area (Å²) in [6, 6.07) is 2.61. The molecule has 0 radical (unpaired) electrons. The number of thiophene rings is 2. The van der Waals surface area contributed by atoms with Crippen LogP contribution in [0.15, 0.2) is 12.1 Å². The zero-order valence-corrected chi connectivity index (χ0v) is 17.2. The standard InChI is InChI=1S/C17H17N3O7S2/c1-3-27-16(22)13-9-6-7-19(17(23)26-2)8-11(9)29-15(13)18-14(21)10-4-5-12(28-10)20(24)25/h4-5H,3,6-8H2,1-2H3,(H,18,21). The van der Waals surface area contributed by atoms with Gasteiger partial charge in [0.1, 0.15) is 5.00 Å². The molecule has 12 heteroatoms. The fourth-order valence-electron chi connectivity index (χ4n) is 2.91. The number of methoxy groups -OCH3 is 1. The maximum atomic E-state index is 12.6. The van der Waals surface area contributed by atoms with E-state index in [1.54, 1.807) is 6.92 Å². The van der Waals surface area contributed by atoms with Crippen LogP contribution < -0.4 is 5.32 Å². The SMILES string of the molecule is CCOC(=O)c1c(NC(=O)c2ccc([N+](=O)[O-])s2)sc2c1CCN(C(=O)OC)C2. The second-order valence-corrected chi connectivity index (χ2v) is 8.09. The van der Waals surface area contributed by atoms with Crippen molar-refractivity contribution >= 4 is 50.6 Å². The number of hydrogen-bond donors (Lipinski definition) is 1. The highest BCUT2D eigenvalue weighted by Gasteiger charge is 2.31. The van der Waals surface area contributed by atoms with Gasteiger partial charge in [-0.2, -0.15) is 0 Å². The Morgan fingerprint density at radius 2 is 2.07 bits per heavy atom. The summed E-state index contributed by atoms with van der Waals surface area (Å²) in [5.74, 6) is -1.12. The molecule has 10 nitrogen and oxygen atoms in total. The average Bonchev–Trinajstić information content (AvgIpc) is 3.31. The molecule has 0 bridgehead atoms. The van der Waals surface area contributed by atoms with E-state index < -0.39 is 22.9 Å². The number of nitro groups is 1. The Hall–Kier alpha value is -2.99. The first kappa shape index (κ1) is 20.7. The number of anilines is 1. The Kier molecular flexibility index (Phi) is 6.13. The molecule has 154 valence electrons. The highest BCUT2D eigenvalue weighted by atomic mass is 32.1. The van der Waals surface area contributed by atoms with Gasteiger partial charge in [-0.05, 0) is 25.0 Å². The lowest BCUT2D eigenvalue weighted by Gasteiger charge is -2.25. The number of amides is 2. The molecule has 0 unspecified atom stereocenters. The molecule has 3 heterocycles. The molecule has 29 heavy (non-hydrogen) atoms. The van der Waals surface area contributed by atoms with E-state index in [0.717, 1.165) is 21.8 Å². The van der Waals surface area contributed by atoms with E-state index in [9.17, 15) is 24.5 Å². The van der Waals surface area contributed by atoms with Gasteiger partial charge in [-0.15, -0.1) is 11.3 Å². The third-order valence-electron chi connectivity index (χ3n) is 4.19. The molecule has 2 amide bonds. The molecule has 0 saturated heterocycles. The van der Waals surface area contributed by atoms with E-state index in [-0.39, 0.29) is 28.6 Å². The van der Waals surface area contributed by atoms with Gasteiger partial charge in [-0.3, -0.25) is 14.9 Å². The van der Waals surface area contributed by atoms with Crippen LogP contribution in [0.25, 0.3) is 0 Å². The molecular weight excluding hydrogens is 422 g/mol. The molecule has 2 aromatic rings. The summed E-state index contributed by atoms with van der Waals surface area (Å²) in [4.78, 5) is 49.6. The van der Waals surface area contributed by atoms with Crippen LogP contribution in [0, 0.1) is 10.1 Å². The van der Waals surface area contributed by atoms with Crippen molar-refractivity contribution in [2.45, 2.75) is 19.9 Å². The average molecular weight is 439 g/mol. The number of esters is 1. The number of ether oxygens (including phenoxy) is 2. The van der Waals surface area contributed by atoms with Crippen LogP contribution >= 0.6 is 22.7 Å². The summed E-state index contributed by atoms with van der Waals surface area (Å²) in [5.41, 5.74) is 0.983. The number of rotatable bonds is 5. The Bertz CT molecular complexity index is 982. The number of carbonyl (C=O) groups is 3. The minimum absolute atomic E-state index is 0.147. The van der Waals surface area contributed by atoms with Crippen molar-refractivity contribution in [1.82, 2.24) is 4.90 Å². The third-order valence-corrected chi connectivity index (χ3v) is 6.36. The highest BCUT2D eigenvalue weighted by Crippen LogP contribution is 2.38. The van der Waals surface area contributed by atoms with E-state index in [1.807, 2.05) is 0 Å². The van der Waals surface area contributed by atoms with Gasteiger partial charge in [-0.25, -0.2) is 9.59 Å². The zero-order valence-electron chi connectivity index (χ0n) is 15.6. The number of carbonyl (C=O) groups excluding carboxylic acids is 3. The Morgan fingerprint density at radius 3 is 2.69 bits per heavy atom. The normalized spacial score (nSPS) is 12.8. The number of nitrogens with one attached hydrogen (secondary N) is 1. The van der Waals surface area contributed by atoms with Gasteiger partial charge < -0.3 is 19.7 Å². The van der Waals surface area contributed by atoms with Gasteiger partial charge in [0.15, 0.2) is 0 Å². The maximum absolute atomic E-state index is 12.6. The molecule has 1 aliphatic heterocycles. The first-order chi connectivity index (χ1) is 13.8. The van der Waals surface area contributed by atoms with Crippen molar-refractivity contribution in [3.05, 3.63) is 43.1 Å². The summed E-state index contributed by atoms with van der Waals surface area (Å²) in [7, 11) is 1.29. The van der Waals surface area contributed by atoms with Crippen LogP contribution in [0.1, 0.15) is 37.4 Å². The van der Waals surface area contributed by atoms with Crippen molar-refractivity contribution in [3.63, 3.8) is 0 Å². The zero-order chi connectivity index (χ0) is 21.1.